The first-order valence-electron chi connectivity index (χ1n) is 7.41. The first kappa shape index (κ1) is 16.2. The largest absolute Gasteiger partial charge is 0.392 e. The Bertz CT molecular complexity index is 554. The molecule has 22 heavy (non-hydrogen) atoms. The summed E-state index contributed by atoms with van der Waals surface area (Å²) in [6, 6.07) is 4.92. The SMILES string of the molecule is CC(=O)NC1CCC(Nc2cc(CO)ccc2[N+](=O)[O-])CC1. The maximum atomic E-state index is 11.1. The average molecular weight is 307 g/mol. The van der Waals surface area contributed by atoms with Crippen LogP contribution in [0.1, 0.15) is 38.2 Å². The van der Waals surface area contributed by atoms with Crippen LogP contribution in [0.3, 0.4) is 0 Å². The van der Waals surface area contributed by atoms with Gasteiger partial charge in [0.1, 0.15) is 5.69 Å². The number of hydrogen-bond acceptors (Lipinski definition) is 5. The highest BCUT2D eigenvalue weighted by Gasteiger charge is 2.24. The van der Waals surface area contributed by atoms with E-state index in [2.05, 4.69) is 10.6 Å². The fourth-order valence-corrected chi connectivity index (χ4v) is 2.85. The Labute approximate surface area is 128 Å². The lowest BCUT2D eigenvalue weighted by atomic mass is 9.91. The third-order valence-electron chi connectivity index (χ3n) is 3.93. The van der Waals surface area contributed by atoms with Crippen LogP contribution in [-0.4, -0.2) is 28.0 Å². The monoisotopic (exact) mass is 307 g/mol. The molecule has 1 fully saturated rings. The summed E-state index contributed by atoms with van der Waals surface area (Å²) in [5, 5.41) is 26.4. The van der Waals surface area contributed by atoms with Gasteiger partial charge in [-0.15, -0.1) is 0 Å². The molecular formula is C15H21N3O4. The maximum absolute atomic E-state index is 11.1. The van der Waals surface area contributed by atoms with Crippen LogP contribution >= 0.6 is 0 Å². The third-order valence-corrected chi connectivity index (χ3v) is 3.93. The molecule has 0 spiro atoms. The number of carbonyl (C=O) groups is 1. The Morgan fingerprint density at radius 2 is 1.95 bits per heavy atom. The van der Waals surface area contributed by atoms with E-state index in [9.17, 15) is 20.0 Å². The molecule has 7 nitrogen and oxygen atoms in total. The van der Waals surface area contributed by atoms with Gasteiger partial charge in [0.25, 0.3) is 5.69 Å². The normalized spacial score (nSPS) is 21.2. The van der Waals surface area contributed by atoms with Crippen molar-refractivity contribution in [3.05, 3.63) is 33.9 Å². The van der Waals surface area contributed by atoms with Gasteiger partial charge in [0.15, 0.2) is 0 Å². The van der Waals surface area contributed by atoms with Gasteiger partial charge >= 0.3 is 0 Å². The minimum atomic E-state index is -0.424. The quantitative estimate of drug-likeness (QED) is 0.569. The molecule has 0 bridgehead atoms. The standard InChI is InChI=1S/C15H21N3O4/c1-10(20)16-12-3-5-13(6-4-12)17-14-8-11(9-19)2-7-15(14)18(21)22/h2,7-8,12-13,17,19H,3-6,9H2,1H3,(H,16,20). The van der Waals surface area contributed by atoms with Crippen LogP contribution in [0.5, 0.6) is 0 Å². The number of aliphatic hydroxyl groups excluding tert-OH is 1. The van der Waals surface area contributed by atoms with Crippen LogP contribution < -0.4 is 10.6 Å². The van der Waals surface area contributed by atoms with Gasteiger partial charge in [0.2, 0.25) is 5.91 Å². The second kappa shape index (κ2) is 7.22. The predicted molar refractivity (Wildman–Crippen MR) is 82.5 cm³/mol. The summed E-state index contributed by atoms with van der Waals surface area (Å²) in [5.74, 6) is -0.0253. The molecule has 1 aliphatic carbocycles. The van der Waals surface area contributed by atoms with Crippen LogP contribution in [0, 0.1) is 10.1 Å². The molecule has 0 radical (unpaired) electrons. The molecule has 0 aliphatic heterocycles. The predicted octanol–water partition coefficient (Wildman–Crippen LogP) is 1.95. The number of hydrogen-bond donors (Lipinski definition) is 3. The van der Waals surface area contributed by atoms with E-state index in [4.69, 9.17) is 0 Å². The molecule has 1 aromatic rings. The van der Waals surface area contributed by atoms with E-state index in [1.165, 1.54) is 13.0 Å². The summed E-state index contributed by atoms with van der Waals surface area (Å²) in [4.78, 5) is 21.7. The number of nitrogens with one attached hydrogen (secondary N) is 2. The summed E-state index contributed by atoms with van der Waals surface area (Å²) in [5.41, 5.74) is 1.10. The molecular weight excluding hydrogens is 286 g/mol. The Morgan fingerprint density at radius 1 is 1.32 bits per heavy atom. The Morgan fingerprint density at radius 3 is 2.50 bits per heavy atom. The van der Waals surface area contributed by atoms with E-state index >= 15 is 0 Å². The van der Waals surface area contributed by atoms with E-state index in [1.54, 1.807) is 12.1 Å². The number of carbonyl (C=O) groups excluding carboxylic acids is 1. The Hall–Kier alpha value is -2.15. The van der Waals surface area contributed by atoms with Crippen LogP contribution in [0.15, 0.2) is 18.2 Å². The van der Waals surface area contributed by atoms with Gasteiger partial charge < -0.3 is 15.7 Å². The van der Waals surface area contributed by atoms with Crippen molar-refractivity contribution in [1.29, 1.82) is 0 Å². The topological polar surface area (TPSA) is 104 Å². The molecule has 7 heteroatoms. The van der Waals surface area contributed by atoms with Gasteiger partial charge in [-0.1, -0.05) is 0 Å². The van der Waals surface area contributed by atoms with Gasteiger partial charge in [0.05, 0.1) is 11.5 Å². The van der Waals surface area contributed by atoms with Crippen LogP contribution in [0.25, 0.3) is 0 Å². The number of nitro benzene ring substituents is 1. The summed E-state index contributed by atoms with van der Waals surface area (Å²) in [6.07, 6.45) is 3.38. The fourth-order valence-electron chi connectivity index (χ4n) is 2.85. The molecule has 0 heterocycles. The molecule has 1 aromatic carbocycles. The van der Waals surface area contributed by atoms with E-state index < -0.39 is 4.92 Å². The Kier molecular flexibility index (Phi) is 5.32. The second-order valence-electron chi connectivity index (χ2n) is 5.66. The van der Waals surface area contributed by atoms with Crippen molar-refractivity contribution in [2.75, 3.05) is 5.32 Å². The highest BCUT2D eigenvalue weighted by molar-refractivity contribution is 5.73. The number of nitro groups is 1. The molecule has 0 unspecified atom stereocenters. The summed E-state index contributed by atoms with van der Waals surface area (Å²) in [6.45, 7) is 1.36. The fraction of sp³-hybridized carbons (Fsp3) is 0.533. The second-order valence-corrected chi connectivity index (χ2v) is 5.66. The maximum Gasteiger partial charge on any atom is 0.292 e. The minimum Gasteiger partial charge on any atom is -0.392 e. The smallest absolute Gasteiger partial charge is 0.292 e. The molecule has 1 aliphatic rings. The van der Waals surface area contributed by atoms with Crippen LogP contribution in [-0.2, 0) is 11.4 Å². The van der Waals surface area contributed by atoms with Gasteiger partial charge in [-0.25, -0.2) is 0 Å². The van der Waals surface area contributed by atoms with Gasteiger partial charge in [-0.3, -0.25) is 14.9 Å². The lowest BCUT2D eigenvalue weighted by Gasteiger charge is -2.30. The molecule has 2 rings (SSSR count). The summed E-state index contributed by atoms with van der Waals surface area (Å²) in [7, 11) is 0. The van der Waals surface area contributed by atoms with Gasteiger partial charge in [0, 0.05) is 25.1 Å². The molecule has 1 amide bonds. The average Bonchev–Trinajstić information content (AvgIpc) is 2.48. The first-order chi connectivity index (χ1) is 10.5. The Balaban J connectivity index is 2.02. The van der Waals surface area contributed by atoms with Crippen LogP contribution in [0.2, 0.25) is 0 Å². The summed E-state index contributed by atoms with van der Waals surface area (Å²) < 4.78 is 0. The van der Waals surface area contributed by atoms with Crippen LogP contribution in [0.4, 0.5) is 11.4 Å². The first-order valence-corrected chi connectivity index (χ1v) is 7.41. The molecule has 0 atom stereocenters. The molecule has 0 aromatic heterocycles. The zero-order valence-corrected chi connectivity index (χ0v) is 12.5. The van der Waals surface area contributed by atoms with E-state index in [0.29, 0.717) is 11.3 Å². The van der Waals surface area contributed by atoms with Crippen molar-refractivity contribution in [1.82, 2.24) is 5.32 Å². The number of benzene rings is 1. The summed E-state index contributed by atoms with van der Waals surface area (Å²) >= 11 is 0. The van der Waals surface area contributed by atoms with Crippen molar-refractivity contribution < 1.29 is 14.8 Å². The lowest BCUT2D eigenvalue weighted by Crippen LogP contribution is -2.39. The van der Waals surface area contributed by atoms with E-state index in [0.717, 1.165) is 25.7 Å². The lowest BCUT2D eigenvalue weighted by molar-refractivity contribution is -0.384. The van der Waals surface area contributed by atoms with E-state index in [1.807, 2.05) is 0 Å². The zero-order valence-electron chi connectivity index (χ0n) is 12.5. The van der Waals surface area contributed by atoms with Crippen molar-refractivity contribution in [2.24, 2.45) is 0 Å². The number of amides is 1. The zero-order chi connectivity index (χ0) is 16.1. The number of anilines is 1. The highest BCUT2D eigenvalue weighted by Crippen LogP contribution is 2.29. The van der Waals surface area contributed by atoms with E-state index in [-0.39, 0.29) is 30.3 Å². The molecule has 0 saturated heterocycles. The van der Waals surface area contributed by atoms with Crippen molar-refractivity contribution in [3.63, 3.8) is 0 Å². The number of nitrogens with zero attached hydrogens (tertiary/aromatic N) is 1. The van der Waals surface area contributed by atoms with Gasteiger partial charge in [-0.2, -0.15) is 0 Å². The molecule has 3 N–H and O–H groups in total. The minimum absolute atomic E-state index is 0.0150. The van der Waals surface area contributed by atoms with Gasteiger partial charge in [-0.05, 0) is 43.4 Å². The van der Waals surface area contributed by atoms with Crippen molar-refractivity contribution in [3.8, 4) is 0 Å². The molecule has 1 saturated carbocycles. The number of rotatable bonds is 5. The van der Waals surface area contributed by atoms with Crippen molar-refractivity contribution >= 4 is 17.3 Å². The highest BCUT2D eigenvalue weighted by atomic mass is 16.6. The molecule has 120 valence electrons. The third kappa shape index (κ3) is 4.17. The van der Waals surface area contributed by atoms with Crippen molar-refractivity contribution in [2.45, 2.75) is 51.3 Å². The number of aliphatic hydroxyl groups is 1.